The van der Waals surface area contributed by atoms with Crippen LogP contribution in [0.2, 0.25) is 5.02 Å². The normalized spacial score (nSPS) is 20.9. The lowest BCUT2D eigenvalue weighted by Crippen LogP contribution is -2.19. The van der Waals surface area contributed by atoms with Crippen LogP contribution in [0, 0.1) is 5.82 Å². The Morgan fingerprint density at radius 2 is 2.33 bits per heavy atom. The van der Waals surface area contributed by atoms with E-state index >= 15 is 0 Å². The summed E-state index contributed by atoms with van der Waals surface area (Å²) in [5.41, 5.74) is 2.32. The molecule has 15 heavy (non-hydrogen) atoms. The molecule has 0 saturated heterocycles. The second kappa shape index (κ2) is 4.50. The number of nitrogens with one attached hydrogen (secondary N) is 1. The third-order valence-corrected chi connectivity index (χ3v) is 3.37. The highest BCUT2D eigenvalue weighted by Gasteiger charge is 2.18. The molecule has 0 spiro atoms. The highest BCUT2D eigenvalue weighted by molar-refractivity contribution is 6.30. The molecule has 0 radical (unpaired) electrons. The molecule has 2 rings (SSSR count). The molecule has 0 bridgehead atoms. The number of rotatable bonds is 1. The van der Waals surface area contributed by atoms with Crippen LogP contribution in [0.25, 0.3) is 0 Å². The van der Waals surface area contributed by atoms with Crippen molar-refractivity contribution < 1.29 is 4.39 Å². The third kappa shape index (κ3) is 2.16. The Hall–Kier alpha value is -0.600. The Morgan fingerprint density at radius 1 is 1.53 bits per heavy atom. The Bertz CT molecular complexity index is 365. The molecule has 1 aliphatic rings. The monoisotopic (exact) mass is 227 g/mol. The average molecular weight is 228 g/mol. The topological polar surface area (TPSA) is 12.0 Å². The molecule has 0 fully saturated rings. The van der Waals surface area contributed by atoms with Crippen molar-refractivity contribution >= 4 is 11.6 Å². The van der Waals surface area contributed by atoms with E-state index in [0.717, 1.165) is 31.5 Å². The van der Waals surface area contributed by atoms with Crippen LogP contribution in [-0.4, -0.2) is 13.1 Å². The summed E-state index contributed by atoms with van der Waals surface area (Å²) in [5, 5.41) is 3.61. The fourth-order valence-corrected chi connectivity index (χ4v) is 2.35. The van der Waals surface area contributed by atoms with Gasteiger partial charge in [0.25, 0.3) is 0 Å². The lowest BCUT2D eigenvalue weighted by Gasteiger charge is -2.15. The Morgan fingerprint density at radius 3 is 3.07 bits per heavy atom. The Labute approximate surface area is 94.6 Å². The predicted octanol–water partition coefficient (Wildman–Crippen LogP) is 3.12. The lowest BCUT2D eigenvalue weighted by atomic mass is 9.92. The molecule has 1 heterocycles. The van der Waals surface area contributed by atoms with Gasteiger partial charge in [0.2, 0.25) is 0 Å². The van der Waals surface area contributed by atoms with Gasteiger partial charge >= 0.3 is 0 Å². The van der Waals surface area contributed by atoms with Crippen LogP contribution in [0.5, 0.6) is 0 Å². The molecule has 1 unspecified atom stereocenters. The molecule has 1 nitrogen and oxygen atoms in total. The number of hydrogen-bond donors (Lipinski definition) is 1. The standard InChI is InChI=1S/C12H15ClFN/c1-2-8-7-15-4-3-9-5-12(14)11(13)6-10(8)9/h5-6,8,15H,2-4,7H2,1H3. The fraction of sp³-hybridized carbons (Fsp3) is 0.500. The first-order chi connectivity index (χ1) is 7.22. The summed E-state index contributed by atoms with van der Waals surface area (Å²) in [7, 11) is 0. The van der Waals surface area contributed by atoms with Crippen LogP contribution in [-0.2, 0) is 6.42 Å². The zero-order valence-corrected chi connectivity index (χ0v) is 9.57. The van der Waals surface area contributed by atoms with Gasteiger partial charge in [-0.25, -0.2) is 4.39 Å². The van der Waals surface area contributed by atoms with Crippen LogP contribution in [0.4, 0.5) is 4.39 Å². The summed E-state index contributed by atoms with van der Waals surface area (Å²) in [6, 6.07) is 3.39. The number of benzene rings is 1. The summed E-state index contributed by atoms with van der Waals surface area (Å²) < 4.78 is 13.3. The Kier molecular flexibility index (Phi) is 3.27. The van der Waals surface area contributed by atoms with E-state index in [1.165, 1.54) is 5.56 Å². The molecule has 1 N–H and O–H groups in total. The Balaban J connectivity index is 2.46. The summed E-state index contributed by atoms with van der Waals surface area (Å²) in [5.74, 6) is 0.160. The number of halogens is 2. The van der Waals surface area contributed by atoms with Crippen molar-refractivity contribution in [2.24, 2.45) is 0 Å². The van der Waals surface area contributed by atoms with Gasteiger partial charge in [-0.05, 0) is 48.6 Å². The van der Waals surface area contributed by atoms with Crippen LogP contribution in [0.15, 0.2) is 12.1 Å². The second-order valence-electron chi connectivity index (χ2n) is 4.02. The molecule has 1 atom stereocenters. The van der Waals surface area contributed by atoms with Crippen molar-refractivity contribution in [1.29, 1.82) is 0 Å². The van der Waals surface area contributed by atoms with Gasteiger partial charge in [-0.2, -0.15) is 0 Å². The molecular weight excluding hydrogens is 213 g/mol. The lowest BCUT2D eigenvalue weighted by molar-refractivity contribution is 0.593. The van der Waals surface area contributed by atoms with Gasteiger partial charge in [-0.3, -0.25) is 0 Å². The van der Waals surface area contributed by atoms with Crippen molar-refractivity contribution in [3.63, 3.8) is 0 Å². The highest BCUT2D eigenvalue weighted by atomic mass is 35.5. The van der Waals surface area contributed by atoms with Gasteiger partial charge in [-0.15, -0.1) is 0 Å². The first-order valence-corrected chi connectivity index (χ1v) is 5.78. The van der Waals surface area contributed by atoms with Gasteiger partial charge in [-0.1, -0.05) is 18.5 Å². The van der Waals surface area contributed by atoms with Gasteiger partial charge in [0.1, 0.15) is 5.82 Å². The van der Waals surface area contributed by atoms with Crippen LogP contribution in [0.1, 0.15) is 30.4 Å². The molecule has 0 aliphatic carbocycles. The fourth-order valence-electron chi connectivity index (χ4n) is 2.17. The maximum Gasteiger partial charge on any atom is 0.142 e. The highest BCUT2D eigenvalue weighted by Crippen LogP contribution is 2.29. The number of fused-ring (bicyclic) bond motifs is 1. The molecule has 0 aromatic heterocycles. The predicted molar refractivity (Wildman–Crippen MR) is 61.0 cm³/mol. The molecule has 1 aliphatic heterocycles. The first-order valence-electron chi connectivity index (χ1n) is 5.41. The van der Waals surface area contributed by atoms with Crippen molar-refractivity contribution in [3.05, 3.63) is 34.1 Å². The zero-order chi connectivity index (χ0) is 10.8. The molecule has 1 aromatic rings. The van der Waals surface area contributed by atoms with E-state index in [1.54, 1.807) is 12.1 Å². The van der Waals surface area contributed by atoms with Crippen molar-refractivity contribution in [2.45, 2.75) is 25.7 Å². The van der Waals surface area contributed by atoms with Gasteiger partial charge in [0, 0.05) is 6.54 Å². The van der Waals surface area contributed by atoms with Crippen molar-refractivity contribution in [1.82, 2.24) is 5.32 Å². The molecule has 3 heteroatoms. The van der Waals surface area contributed by atoms with Gasteiger partial charge in [0.15, 0.2) is 0 Å². The summed E-state index contributed by atoms with van der Waals surface area (Å²) in [6.45, 7) is 4.04. The maximum absolute atomic E-state index is 13.3. The van der Waals surface area contributed by atoms with E-state index in [0.29, 0.717) is 5.92 Å². The third-order valence-electron chi connectivity index (χ3n) is 3.08. The number of hydrogen-bond acceptors (Lipinski definition) is 1. The molecule has 1 aromatic carbocycles. The minimum atomic E-state index is -0.299. The van der Waals surface area contributed by atoms with Crippen LogP contribution < -0.4 is 5.32 Å². The van der Waals surface area contributed by atoms with E-state index in [4.69, 9.17) is 11.6 Å². The quantitative estimate of drug-likeness (QED) is 0.778. The minimum absolute atomic E-state index is 0.245. The minimum Gasteiger partial charge on any atom is -0.316 e. The van der Waals surface area contributed by atoms with Crippen molar-refractivity contribution in [2.75, 3.05) is 13.1 Å². The molecular formula is C12H15ClFN. The van der Waals surface area contributed by atoms with Crippen LogP contribution >= 0.6 is 11.6 Å². The average Bonchev–Trinajstić information content (AvgIpc) is 2.41. The zero-order valence-electron chi connectivity index (χ0n) is 8.82. The van der Waals surface area contributed by atoms with E-state index in [2.05, 4.69) is 12.2 Å². The SMILES string of the molecule is CCC1CNCCc2cc(F)c(Cl)cc21. The van der Waals surface area contributed by atoms with E-state index in [9.17, 15) is 4.39 Å². The summed E-state index contributed by atoms with van der Waals surface area (Å²) in [4.78, 5) is 0. The van der Waals surface area contributed by atoms with E-state index < -0.39 is 0 Å². The first kappa shape index (κ1) is 10.9. The molecule has 0 amide bonds. The van der Waals surface area contributed by atoms with E-state index in [-0.39, 0.29) is 10.8 Å². The van der Waals surface area contributed by atoms with Gasteiger partial charge < -0.3 is 5.32 Å². The molecule has 82 valence electrons. The summed E-state index contributed by atoms with van der Waals surface area (Å²) in [6.07, 6.45) is 1.95. The molecule has 0 saturated carbocycles. The van der Waals surface area contributed by atoms with Crippen LogP contribution in [0.3, 0.4) is 0 Å². The van der Waals surface area contributed by atoms with E-state index in [1.807, 2.05) is 0 Å². The summed E-state index contributed by atoms with van der Waals surface area (Å²) >= 11 is 5.83. The maximum atomic E-state index is 13.3. The van der Waals surface area contributed by atoms with Crippen molar-refractivity contribution in [3.8, 4) is 0 Å². The van der Waals surface area contributed by atoms with Gasteiger partial charge in [0.05, 0.1) is 5.02 Å². The second-order valence-corrected chi connectivity index (χ2v) is 4.43. The largest absolute Gasteiger partial charge is 0.316 e. The smallest absolute Gasteiger partial charge is 0.142 e.